The molecule has 0 aliphatic heterocycles. The Morgan fingerprint density at radius 2 is 2.25 bits per heavy atom. The molecule has 1 aromatic heterocycles. The summed E-state index contributed by atoms with van der Waals surface area (Å²) in [5.74, 6) is -2.44. The minimum Gasteiger partial charge on any atom is -0.480 e. The molecule has 0 radical (unpaired) electrons. The fraction of sp³-hybridized carbons (Fsp3) is 0.143. The number of thiophene rings is 1. The van der Waals surface area contributed by atoms with E-state index in [-0.39, 0.29) is 0 Å². The number of carbonyl (C=O) groups excluding carboxylic acids is 1. The lowest BCUT2D eigenvalue weighted by Crippen LogP contribution is -2.16. The van der Waals surface area contributed by atoms with Crippen molar-refractivity contribution in [1.82, 2.24) is 0 Å². The van der Waals surface area contributed by atoms with Gasteiger partial charge in [0.15, 0.2) is 5.92 Å². The van der Waals surface area contributed by atoms with Crippen LogP contribution in [-0.4, -0.2) is 16.3 Å². The highest BCUT2D eigenvalue weighted by atomic mass is 35.5. The van der Waals surface area contributed by atoms with Crippen LogP contribution in [0.25, 0.3) is 0 Å². The molecule has 1 atom stereocenters. The lowest BCUT2D eigenvalue weighted by Gasteiger charge is -2.02. The van der Waals surface area contributed by atoms with E-state index < -0.39 is 17.1 Å². The second-order valence-corrected chi connectivity index (χ2v) is 3.28. The van der Waals surface area contributed by atoms with Gasteiger partial charge in [0.25, 0.3) is 0 Å². The number of carbonyl (C=O) groups is 2. The second kappa shape index (κ2) is 3.69. The summed E-state index contributed by atoms with van der Waals surface area (Å²) in [6.07, 6.45) is 0. The largest absolute Gasteiger partial charge is 0.480 e. The molecule has 0 bridgehead atoms. The maximum atomic E-state index is 10.7. The molecular formula is C7H5ClO3S. The fourth-order valence-electron chi connectivity index (χ4n) is 0.810. The van der Waals surface area contributed by atoms with Gasteiger partial charge in [0.05, 0.1) is 0 Å². The molecule has 1 aromatic rings. The first-order valence-corrected chi connectivity index (χ1v) is 4.39. The van der Waals surface area contributed by atoms with Crippen LogP contribution >= 0.6 is 22.9 Å². The summed E-state index contributed by atoms with van der Waals surface area (Å²) in [6.45, 7) is 0. The van der Waals surface area contributed by atoms with E-state index in [1.807, 2.05) is 0 Å². The molecule has 0 aliphatic rings. The average molecular weight is 205 g/mol. The van der Waals surface area contributed by atoms with E-state index in [0.29, 0.717) is 5.56 Å². The normalized spacial score (nSPS) is 12.4. The number of carboxylic acids is 1. The smallest absolute Gasteiger partial charge is 0.319 e. The highest BCUT2D eigenvalue weighted by molar-refractivity contribution is 7.08. The summed E-state index contributed by atoms with van der Waals surface area (Å²) in [5.41, 5.74) is 0.438. The molecular weight excluding hydrogens is 200 g/mol. The first kappa shape index (κ1) is 9.22. The van der Waals surface area contributed by atoms with Crippen LogP contribution in [0.4, 0.5) is 0 Å². The molecule has 0 aromatic carbocycles. The number of hydrogen-bond acceptors (Lipinski definition) is 3. The van der Waals surface area contributed by atoms with Crippen LogP contribution in [-0.2, 0) is 9.59 Å². The molecule has 0 saturated heterocycles. The maximum Gasteiger partial charge on any atom is 0.319 e. The Bertz CT molecular complexity index is 280. The molecule has 1 rings (SSSR count). The highest BCUT2D eigenvalue weighted by Gasteiger charge is 2.26. The number of halogens is 1. The quantitative estimate of drug-likeness (QED) is 0.602. The molecule has 3 nitrogen and oxygen atoms in total. The zero-order chi connectivity index (χ0) is 9.14. The molecule has 5 heteroatoms. The molecule has 1 N–H and O–H groups in total. The molecule has 64 valence electrons. The van der Waals surface area contributed by atoms with Gasteiger partial charge in [0.2, 0.25) is 5.24 Å². The number of aliphatic carboxylic acids is 1. The van der Waals surface area contributed by atoms with Gasteiger partial charge in [-0.05, 0) is 34.0 Å². The van der Waals surface area contributed by atoms with Crippen molar-refractivity contribution >= 4 is 34.1 Å². The van der Waals surface area contributed by atoms with E-state index in [1.54, 1.807) is 16.8 Å². The van der Waals surface area contributed by atoms with Crippen LogP contribution < -0.4 is 0 Å². The monoisotopic (exact) mass is 204 g/mol. The molecule has 1 unspecified atom stereocenters. The third kappa shape index (κ3) is 1.84. The van der Waals surface area contributed by atoms with Gasteiger partial charge in [-0.2, -0.15) is 11.3 Å². The average Bonchev–Trinajstić information content (AvgIpc) is 2.37. The summed E-state index contributed by atoms with van der Waals surface area (Å²) in [5, 5.41) is 11.1. The van der Waals surface area contributed by atoms with Crippen molar-refractivity contribution in [2.45, 2.75) is 5.92 Å². The second-order valence-electron chi connectivity index (χ2n) is 2.13. The van der Waals surface area contributed by atoms with E-state index in [4.69, 9.17) is 16.7 Å². The zero-order valence-electron chi connectivity index (χ0n) is 5.86. The lowest BCUT2D eigenvalue weighted by molar-refractivity contribution is -0.140. The molecule has 0 spiro atoms. The van der Waals surface area contributed by atoms with Gasteiger partial charge in [-0.1, -0.05) is 0 Å². The molecule has 0 saturated carbocycles. The minimum absolute atomic E-state index is 0.438. The Hall–Kier alpha value is -0.870. The van der Waals surface area contributed by atoms with Crippen LogP contribution in [0, 0.1) is 0 Å². The molecule has 1 heterocycles. The molecule has 0 aliphatic carbocycles. The van der Waals surface area contributed by atoms with Crippen LogP contribution in [0.5, 0.6) is 0 Å². The third-order valence-electron chi connectivity index (χ3n) is 1.35. The van der Waals surface area contributed by atoms with E-state index >= 15 is 0 Å². The van der Waals surface area contributed by atoms with Crippen molar-refractivity contribution in [3.8, 4) is 0 Å². The standard InChI is InChI=1S/C7H5ClO3S/c8-6(9)5(7(10)11)4-1-2-12-3-4/h1-3,5H,(H,10,11). The van der Waals surface area contributed by atoms with E-state index in [2.05, 4.69) is 0 Å². The molecule has 12 heavy (non-hydrogen) atoms. The first-order chi connectivity index (χ1) is 5.63. The summed E-state index contributed by atoms with van der Waals surface area (Å²) in [6, 6.07) is 1.57. The predicted molar refractivity (Wildman–Crippen MR) is 45.6 cm³/mol. The maximum absolute atomic E-state index is 10.7. The van der Waals surface area contributed by atoms with Gasteiger partial charge < -0.3 is 5.11 Å². The minimum atomic E-state index is -1.22. The Morgan fingerprint density at radius 3 is 2.58 bits per heavy atom. The topological polar surface area (TPSA) is 54.4 Å². The van der Waals surface area contributed by atoms with Crippen molar-refractivity contribution < 1.29 is 14.7 Å². The molecule has 0 amide bonds. The fourth-order valence-corrected chi connectivity index (χ4v) is 1.72. The van der Waals surface area contributed by atoms with Gasteiger partial charge >= 0.3 is 5.97 Å². The number of carboxylic acid groups (broad SMARTS) is 1. The highest BCUT2D eigenvalue weighted by Crippen LogP contribution is 2.21. The van der Waals surface area contributed by atoms with E-state index in [9.17, 15) is 9.59 Å². The predicted octanol–water partition coefficient (Wildman–Crippen LogP) is 1.68. The Labute approximate surface area is 77.6 Å². The van der Waals surface area contributed by atoms with Gasteiger partial charge in [-0.3, -0.25) is 9.59 Å². The van der Waals surface area contributed by atoms with Crippen LogP contribution in [0.3, 0.4) is 0 Å². The zero-order valence-corrected chi connectivity index (χ0v) is 7.43. The lowest BCUT2D eigenvalue weighted by atomic mass is 10.1. The summed E-state index contributed by atoms with van der Waals surface area (Å²) in [7, 11) is 0. The van der Waals surface area contributed by atoms with Gasteiger partial charge in [-0.15, -0.1) is 0 Å². The van der Waals surface area contributed by atoms with Crippen molar-refractivity contribution in [1.29, 1.82) is 0 Å². The van der Waals surface area contributed by atoms with E-state index in [0.717, 1.165) is 0 Å². The Morgan fingerprint density at radius 1 is 1.58 bits per heavy atom. The van der Waals surface area contributed by atoms with Gasteiger partial charge in [-0.25, -0.2) is 0 Å². The van der Waals surface area contributed by atoms with E-state index in [1.165, 1.54) is 11.3 Å². The molecule has 0 fully saturated rings. The van der Waals surface area contributed by atoms with Crippen molar-refractivity contribution in [2.24, 2.45) is 0 Å². The Kier molecular flexibility index (Phi) is 2.83. The number of rotatable bonds is 3. The van der Waals surface area contributed by atoms with Crippen molar-refractivity contribution in [3.05, 3.63) is 22.4 Å². The van der Waals surface area contributed by atoms with Crippen LogP contribution in [0.2, 0.25) is 0 Å². The Balaban J connectivity index is 2.96. The van der Waals surface area contributed by atoms with Crippen molar-refractivity contribution in [3.63, 3.8) is 0 Å². The summed E-state index contributed by atoms with van der Waals surface area (Å²) in [4.78, 5) is 21.2. The number of hydrogen-bond donors (Lipinski definition) is 1. The van der Waals surface area contributed by atoms with Gasteiger partial charge in [0.1, 0.15) is 0 Å². The first-order valence-electron chi connectivity index (χ1n) is 3.07. The van der Waals surface area contributed by atoms with Crippen LogP contribution in [0.15, 0.2) is 16.8 Å². The van der Waals surface area contributed by atoms with Crippen LogP contribution in [0.1, 0.15) is 11.5 Å². The van der Waals surface area contributed by atoms with Crippen molar-refractivity contribution in [2.75, 3.05) is 0 Å². The summed E-state index contributed by atoms with van der Waals surface area (Å²) >= 11 is 6.44. The third-order valence-corrected chi connectivity index (χ3v) is 2.27. The summed E-state index contributed by atoms with van der Waals surface area (Å²) < 4.78 is 0. The van der Waals surface area contributed by atoms with Gasteiger partial charge in [0, 0.05) is 0 Å². The SMILES string of the molecule is O=C(O)C(C(=O)Cl)c1ccsc1.